The number of anilines is 1. The molecule has 0 aliphatic carbocycles. The van der Waals surface area contributed by atoms with Crippen molar-refractivity contribution in [1.82, 2.24) is 4.98 Å². The van der Waals surface area contributed by atoms with Gasteiger partial charge in [0.15, 0.2) is 0 Å². The van der Waals surface area contributed by atoms with Crippen molar-refractivity contribution in [2.24, 2.45) is 0 Å². The van der Waals surface area contributed by atoms with Crippen molar-refractivity contribution >= 4 is 5.69 Å². The van der Waals surface area contributed by atoms with Crippen LogP contribution < -0.4 is 4.90 Å². The van der Waals surface area contributed by atoms with Crippen LogP contribution in [0.15, 0.2) is 18.3 Å². The summed E-state index contributed by atoms with van der Waals surface area (Å²) in [6, 6.07) is 3.89. The second-order valence-electron chi connectivity index (χ2n) is 4.69. The van der Waals surface area contributed by atoms with Crippen molar-refractivity contribution in [1.29, 1.82) is 0 Å². The van der Waals surface area contributed by atoms with Gasteiger partial charge in [0.1, 0.15) is 0 Å². The third-order valence-corrected chi connectivity index (χ3v) is 3.21. The normalized spacial score (nSPS) is 12.4. The van der Waals surface area contributed by atoms with Crippen molar-refractivity contribution in [2.45, 2.75) is 25.9 Å². The Morgan fingerprint density at radius 1 is 1.20 bits per heavy atom. The molecular formula is C15H26N2O3. The Morgan fingerprint density at radius 3 is 2.50 bits per heavy atom. The lowest BCUT2D eigenvalue weighted by atomic mass is 10.2. The highest BCUT2D eigenvalue weighted by Crippen LogP contribution is 2.18. The number of hydrogen-bond donors (Lipinski definition) is 1. The van der Waals surface area contributed by atoms with E-state index in [0.29, 0.717) is 13.0 Å². The minimum atomic E-state index is -0.482. The van der Waals surface area contributed by atoms with E-state index in [4.69, 9.17) is 9.47 Å². The van der Waals surface area contributed by atoms with Crippen LogP contribution in [0.1, 0.15) is 31.6 Å². The van der Waals surface area contributed by atoms with Gasteiger partial charge in [-0.05, 0) is 25.0 Å². The van der Waals surface area contributed by atoms with Gasteiger partial charge in [0.05, 0.1) is 30.3 Å². The van der Waals surface area contributed by atoms with E-state index in [2.05, 4.69) is 9.88 Å². The topological polar surface area (TPSA) is 54.8 Å². The van der Waals surface area contributed by atoms with Crippen LogP contribution in [0.3, 0.4) is 0 Å². The molecule has 1 aromatic heterocycles. The van der Waals surface area contributed by atoms with Crippen LogP contribution >= 0.6 is 0 Å². The van der Waals surface area contributed by atoms with Gasteiger partial charge < -0.3 is 19.5 Å². The summed E-state index contributed by atoms with van der Waals surface area (Å²) < 4.78 is 10.2. The maximum atomic E-state index is 9.76. The van der Waals surface area contributed by atoms with E-state index in [0.717, 1.165) is 37.5 Å². The van der Waals surface area contributed by atoms with Crippen molar-refractivity contribution < 1.29 is 14.6 Å². The Bertz CT molecular complexity index is 357. The molecule has 0 unspecified atom stereocenters. The highest BCUT2D eigenvalue weighted by molar-refractivity contribution is 5.44. The van der Waals surface area contributed by atoms with Crippen LogP contribution in [-0.2, 0) is 9.47 Å². The number of aromatic nitrogens is 1. The first kappa shape index (κ1) is 16.9. The van der Waals surface area contributed by atoms with Gasteiger partial charge in [0.2, 0.25) is 0 Å². The smallest absolute Gasteiger partial charge is 0.0957 e. The zero-order chi connectivity index (χ0) is 14.8. The van der Waals surface area contributed by atoms with E-state index in [1.165, 1.54) is 0 Å². The van der Waals surface area contributed by atoms with E-state index < -0.39 is 6.10 Å². The molecule has 114 valence electrons. The van der Waals surface area contributed by atoms with Gasteiger partial charge in [-0.1, -0.05) is 6.92 Å². The number of pyridine rings is 1. The molecule has 0 aromatic carbocycles. The zero-order valence-corrected chi connectivity index (χ0v) is 12.7. The average Bonchev–Trinajstić information content (AvgIpc) is 2.50. The molecule has 0 saturated carbocycles. The maximum absolute atomic E-state index is 9.76. The Morgan fingerprint density at radius 2 is 1.95 bits per heavy atom. The lowest BCUT2D eigenvalue weighted by Crippen LogP contribution is -2.29. The average molecular weight is 282 g/mol. The Balaban J connectivity index is 2.68. The van der Waals surface area contributed by atoms with Gasteiger partial charge in [-0.25, -0.2) is 0 Å². The number of aliphatic hydroxyl groups excluding tert-OH is 1. The summed E-state index contributed by atoms with van der Waals surface area (Å²) in [5.41, 5.74) is 1.77. The minimum Gasteiger partial charge on any atom is -0.387 e. The summed E-state index contributed by atoms with van der Waals surface area (Å²) in [6.45, 7) is 5.07. The maximum Gasteiger partial charge on any atom is 0.0957 e. The van der Waals surface area contributed by atoms with Crippen molar-refractivity contribution in [3.8, 4) is 0 Å². The van der Waals surface area contributed by atoms with Crippen LogP contribution in [0.4, 0.5) is 5.69 Å². The van der Waals surface area contributed by atoms with Gasteiger partial charge in [-0.2, -0.15) is 0 Å². The van der Waals surface area contributed by atoms with Crippen molar-refractivity contribution in [2.75, 3.05) is 45.4 Å². The molecule has 1 aromatic rings. The third kappa shape index (κ3) is 5.45. The molecule has 0 saturated heterocycles. The van der Waals surface area contributed by atoms with E-state index in [9.17, 15) is 5.11 Å². The summed E-state index contributed by atoms with van der Waals surface area (Å²) in [4.78, 5) is 6.56. The second kappa shape index (κ2) is 9.69. The Kier molecular flexibility index (Phi) is 8.18. The summed E-state index contributed by atoms with van der Waals surface area (Å²) in [6.07, 6.45) is 2.97. The number of rotatable bonds is 10. The number of methoxy groups -OCH3 is 2. The number of nitrogens with zero attached hydrogens (tertiary/aromatic N) is 2. The number of ether oxygens (including phenoxy) is 2. The first-order chi connectivity index (χ1) is 9.72. The highest BCUT2D eigenvalue weighted by Gasteiger charge is 2.09. The minimum absolute atomic E-state index is 0.482. The lowest BCUT2D eigenvalue weighted by Gasteiger charge is -2.24. The molecule has 0 amide bonds. The standard InChI is InChI=1S/C15H26N2O3/c1-4-15(18)14-7-6-13(12-16-14)17(9-11-20-3)8-5-10-19-2/h6-7,12,15,18H,4-5,8-11H2,1-3H3/t15-/m1/s1. The molecule has 0 aliphatic heterocycles. The molecule has 0 bridgehead atoms. The first-order valence-corrected chi connectivity index (χ1v) is 7.09. The van der Waals surface area contributed by atoms with Crippen LogP contribution in [0.5, 0.6) is 0 Å². The van der Waals surface area contributed by atoms with E-state index in [1.54, 1.807) is 14.2 Å². The molecule has 0 fully saturated rings. The van der Waals surface area contributed by atoms with Crippen molar-refractivity contribution in [3.05, 3.63) is 24.0 Å². The molecule has 20 heavy (non-hydrogen) atoms. The highest BCUT2D eigenvalue weighted by atomic mass is 16.5. The molecule has 5 heteroatoms. The summed E-state index contributed by atoms with van der Waals surface area (Å²) in [7, 11) is 3.41. The largest absolute Gasteiger partial charge is 0.387 e. The molecule has 1 atom stereocenters. The molecule has 1 heterocycles. The molecular weight excluding hydrogens is 256 g/mol. The lowest BCUT2D eigenvalue weighted by molar-refractivity contribution is 0.169. The van der Waals surface area contributed by atoms with Crippen molar-refractivity contribution in [3.63, 3.8) is 0 Å². The fraction of sp³-hybridized carbons (Fsp3) is 0.667. The predicted molar refractivity (Wildman–Crippen MR) is 80.1 cm³/mol. The van der Waals surface area contributed by atoms with Crippen LogP contribution in [-0.4, -0.2) is 50.6 Å². The first-order valence-electron chi connectivity index (χ1n) is 7.09. The molecule has 0 aliphatic rings. The van der Waals surface area contributed by atoms with Crippen LogP contribution in [0.25, 0.3) is 0 Å². The van der Waals surface area contributed by atoms with Crippen LogP contribution in [0, 0.1) is 0 Å². The van der Waals surface area contributed by atoms with E-state index in [-0.39, 0.29) is 0 Å². The van der Waals surface area contributed by atoms with Gasteiger partial charge in [0.25, 0.3) is 0 Å². The Labute approximate surface area is 121 Å². The van der Waals surface area contributed by atoms with Gasteiger partial charge in [-0.15, -0.1) is 0 Å². The van der Waals surface area contributed by atoms with E-state index in [1.807, 2.05) is 25.3 Å². The number of aliphatic hydroxyl groups is 1. The van der Waals surface area contributed by atoms with Crippen LogP contribution in [0.2, 0.25) is 0 Å². The monoisotopic (exact) mass is 282 g/mol. The fourth-order valence-corrected chi connectivity index (χ4v) is 1.96. The zero-order valence-electron chi connectivity index (χ0n) is 12.7. The molecule has 0 spiro atoms. The second-order valence-corrected chi connectivity index (χ2v) is 4.69. The summed E-state index contributed by atoms with van der Waals surface area (Å²) >= 11 is 0. The molecule has 1 rings (SSSR count). The molecule has 5 nitrogen and oxygen atoms in total. The summed E-state index contributed by atoms with van der Waals surface area (Å²) in [5, 5.41) is 9.76. The SMILES string of the molecule is CC[C@@H](O)c1ccc(N(CCCOC)CCOC)cn1. The summed E-state index contributed by atoms with van der Waals surface area (Å²) in [5.74, 6) is 0. The molecule has 0 radical (unpaired) electrons. The van der Waals surface area contributed by atoms with Gasteiger partial charge in [-0.3, -0.25) is 4.98 Å². The predicted octanol–water partition coefficient (Wildman–Crippen LogP) is 2.01. The van der Waals surface area contributed by atoms with E-state index >= 15 is 0 Å². The third-order valence-electron chi connectivity index (χ3n) is 3.21. The van der Waals surface area contributed by atoms with Gasteiger partial charge >= 0.3 is 0 Å². The molecule has 1 N–H and O–H groups in total. The quantitative estimate of drug-likeness (QED) is 0.665. The fourth-order valence-electron chi connectivity index (χ4n) is 1.96. The van der Waals surface area contributed by atoms with Gasteiger partial charge in [0, 0.05) is 33.9 Å². The number of hydrogen-bond acceptors (Lipinski definition) is 5. The Hall–Kier alpha value is -1.17.